The van der Waals surface area contributed by atoms with Crippen molar-refractivity contribution in [1.29, 1.82) is 0 Å². The summed E-state index contributed by atoms with van der Waals surface area (Å²) < 4.78 is 17.2. The van der Waals surface area contributed by atoms with Crippen LogP contribution >= 0.6 is 0 Å². The number of rotatable bonds is 14. The highest BCUT2D eigenvalue weighted by molar-refractivity contribution is 5.97. The summed E-state index contributed by atoms with van der Waals surface area (Å²) in [5.41, 5.74) is 4.02. The molecular weight excluding hydrogens is 554 g/mol. The number of ketones is 1. The van der Waals surface area contributed by atoms with Gasteiger partial charge in [-0.05, 0) is 36.0 Å². The van der Waals surface area contributed by atoms with Gasteiger partial charge in [0, 0.05) is 43.5 Å². The number of esters is 1. The van der Waals surface area contributed by atoms with Crippen LogP contribution in [0.4, 0.5) is 0 Å². The molecule has 2 fully saturated rings. The molecule has 0 amide bonds. The zero-order chi connectivity index (χ0) is 30.6. The number of ether oxygens (including phenoxy) is 3. The summed E-state index contributed by atoms with van der Waals surface area (Å²) in [6.07, 6.45) is 6.78. The van der Waals surface area contributed by atoms with Crippen molar-refractivity contribution in [3.05, 3.63) is 108 Å². The first-order valence-corrected chi connectivity index (χ1v) is 15.7. The summed E-state index contributed by atoms with van der Waals surface area (Å²) in [6, 6.07) is 27.7. The van der Waals surface area contributed by atoms with Gasteiger partial charge >= 0.3 is 5.97 Å². The maximum Gasteiger partial charge on any atom is 0.306 e. The second kappa shape index (κ2) is 16.5. The van der Waals surface area contributed by atoms with Crippen LogP contribution in [0.2, 0.25) is 0 Å². The van der Waals surface area contributed by atoms with Gasteiger partial charge in [-0.1, -0.05) is 97.1 Å². The Morgan fingerprint density at radius 1 is 0.886 bits per heavy atom. The summed E-state index contributed by atoms with van der Waals surface area (Å²) >= 11 is 0. The van der Waals surface area contributed by atoms with Gasteiger partial charge in [-0.2, -0.15) is 0 Å². The molecule has 0 spiro atoms. The smallest absolute Gasteiger partial charge is 0.306 e. The predicted molar refractivity (Wildman–Crippen MR) is 170 cm³/mol. The van der Waals surface area contributed by atoms with Crippen molar-refractivity contribution in [2.75, 3.05) is 32.9 Å². The largest absolute Gasteiger partial charge is 0.457 e. The lowest BCUT2D eigenvalue weighted by Gasteiger charge is -2.37. The third-order valence-electron chi connectivity index (χ3n) is 8.56. The Bertz CT molecular complexity index is 1340. The first-order chi connectivity index (χ1) is 21.6. The molecule has 44 heavy (non-hydrogen) atoms. The van der Waals surface area contributed by atoms with Crippen LogP contribution in [0.25, 0.3) is 11.1 Å². The van der Waals surface area contributed by atoms with Gasteiger partial charge in [0.05, 0.1) is 32.0 Å². The fourth-order valence-electron chi connectivity index (χ4n) is 6.22. The zero-order valence-electron chi connectivity index (χ0n) is 25.3. The molecule has 232 valence electrons. The summed E-state index contributed by atoms with van der Waals surface area (Å²) in [5.74, 6) is -0.412. The Hall–Kier alpha value is -3.62. The minimum absolute atomic E-state index is 0.0196. The Kier molecular flexibility index (Phi) is 11.9. The number of aliphatic hydroxyl groups is 1. The van der Waals surface area contributed by atoms with Gasteiger partial charge in [0.1, 0.15) is 0 Å². The van der Waals surface area contributed by atoms with E-state index in [9.17, 15) is 14.7 Å². The minimum atomic E-state index is -0.453. The molecule has 4 atom stereocenters. The van der Waals surface area contributed by atoms with E-state index in [1.807, 2.05) is 24.3 Å². The number of allylic oxidation sites excluding steroid dienone is 2. The fraction of sp³-hybridized carbons (Fsp3) is 0.405. The van der Waals surface area contributed by atoms with Crippen LogP contribution in [0.3, 0.4) is 0 Å². The molecule has 2 aliphatic rings. The van der Waals surface area contributed by atoms with E-state index in [0.717, 1.165) is 31.5 Å². The van der Waals surface area contributed by atoms with Crippen molar-refractivity contribution >= 4 is 11.8 Å². The number of benzene rings is 3. The quantitative estimate of drug-likeness (QED) is 0.108. The van der Waals surface area contributed by atoms with E-state index >= 15 is 0 Å². The van der Waals surface area contributed by atoms with E-state index in [1.54, 1.807) is 24.3 Å². The van der Waals surface area contributed by atoms with E-state index in [0.29, 0.717) is 38.2 Å². The van der Waals surface area contributed by atoms with E-state index in [2.05, 4.69) is 53.5 Å². The summed E-state index contributed by atoms with van der Waals surface area (Å²) in [4.78, 5) is 26.6. The van der Waals surface area contributed by atoms with Gasteiger partial charge in [0.25, 0.3) is 0 Å². The van der Waals surface area contributed by atoms with Gasteiger partial charge < -0.3 is 19.3 Å². The van der Waals surface area contributed by atoms with Crippen molar-refractivity contribution in [2.24, 2.45) is 5.92 Å². The number of nitrogens with zero attached hydrogens (tertiary/aromatic N) is 1. The molecule has 1 N–H and O–H groups in total. The number of carbonyl (C=O) groups excluding carboxylic acids is 2. The molecule has 1 aliphatic heterocycles. The molecule has 5 rings (SSSR count). The molecule has 7 heteroatoms. The second-order valence-corrected chi connectivity index (χ2v) is 11.6. The maximum absolute atomic E-state index is 12.1. The first kappa shape index (κ1) is 31.8. The Morgan fingerprint density at radius 3 is 2.30 bits per heavy atom. The van der Waals surface area contributed by atoms with Crippen molar-refractivity contribution in [2.45, 2.75) is 57.0 Å². The third-order valence-corrected chi connectivity index (χ3v) is 8.56. The lowest BCUT2D eigenvalue weighted by atomic mass is 9.94. The second-order valence-electron chi connectivity index (χ2n) is 11.6. The average molecular weight is 598 g/mol. The molecule has 3 aromatic carbocycles. The monoisotopic (exact) mass is 597 g/mol. The van der Waals surface area contributed by atoms with E-state index in [1.165, 1.54) is 11.1 Å². The molecule has 1 saturated heterocycles. The Labute approximate surface area is 260 Å². The standard InChI is InChI=1S/C37H43NO6/c39-33-25-35(43-26-28-17-19-30(20-18-28)29-11-5-3-6-12-29)32(37(33)38-21-23-42-24-22-38)15-9-1-2-10-16-36(41)44-27-34(40)31-13-7-4-8-14-31/h1,3-9,11-14,17-20,32-33,35,37,39H,2,10,15-16,21-27H2/b9-1-/t32-,33+,35-,37+/m0/s1. The van der Waals surface area contributed by atoms with Crippen molar-refractivity contribution in [1.82, 2.24) is 4.90 Å². The molecular formula is C37H43NO6. The highest BCUT2D eigenvalue weighted by atomic mass is 16.5. The van der Waals surface area contributed by atoms with Crippen molar-refractivity contribution in [3.8, 4) is 11.1 Å². The summed E-state index contributed by atoms with van der Waals surface area (Å²) in [6.45, 7) is 3.24. The molecule has 7 nitrogen and oxygen atoms in total. The number of morpholine rings is 1. The van der Waals surface area contributed by atoms with Gasteiger partial charge in [0.15, 0.2) is 12.4 Å². The summed E-state index contributed by atoms with van der Waals surface area (Å²) in [5, 5.41) is 11.1. The fourth-order valence-corrected chi connectivity index (χ4v) is 6.22. The molecule has 0 radical (unpaired) electrons. The highest BCUT2D eigenvalue weighted by Gasteiger charge is 2.45. The molecule has 1 heterocycles. The lowest BCUT2D eigenvalue weighted by Crippen LogP contribution is -2.50. The number of unbranched alkanes of at least 4 members (excludes halogenated alkanes) is 1. The lowest BCUT2D eigenvalue weighted by molar-refractivity contribution is -0.142. The first-order valence-electron chi connectivity index (χ1n) is 15.7. The highest BCUT2D eigenvalue weighted by Crippen LogP contribution is 2.36. The summed E-state index contributed by atoms with van der Waals surface area (Å²) in [7, 11) is 0. The SMILES string of the molecule is O=C(CCC/C=C\C[C@@H]1[C@@H](N2CCOCC2)[C@H](O)C[C@@H]1OCc1ccc(-c2ccccc2)cc1)OCC(=O)c1ccccc1. The number of carbonyl (C=O) groups is 2. The van der Waals surface area contributed by atoms with Crippen LogP contribution in [-0.2, 0) is 25.6 Å². The minimum Gasteiger partial charge on any atom is -0.457 e. The van der Waals surface area contributed by atoms with Crippen molar-refractivity contribution < 1.29 is 28.9 Å². The Balaban J connectivity index is 1.11. The predicted octanol–water partition coefficient (Wildman–Crippen LogP) is 5.86. The van der Waals surface area contributed by atoms with E-state index in [-0.39, 0.29) is 42.8 Å². The average Bonchev–Trinajstić information content (AvgIpc) is 3.39. The van der Waals surface area contributed by atoms with Crippen LogP contribution in [0.5, 0.6) is 0 Å². The van der Waals surface area contributed by atoms with Crippen LogP contribution in [0.15, 0.2) is 97.1 Å². The number of Topliss-reactive ketones (excluding diaryl/α,β-unsaturated/α-hetero) is 1. The van der Waals surface area contributed by atoms with Gasteiger partial charge in [0.2, 0.25) is 0 Å². The molecule has 0 unspecified atom stereocenters. The topological polar surface area (TPSA) is 85.3 Å². The van der Waals surface area contributed by atoms with Gasteiger partial charge in [-0.15, -0.1) is 0 Å². The zero-order valence-corrected chi connectivity index (χ0v) is 25.3. The molecule has 0 aromatic heterocycles. The number of hydrogen-bond acceptors (Lipinski definition) is 7. The number of hydrogen-bond donors (Lipinski definition) is 1. The number of aliphatic hydroxyl groups excluding tert-OH is 1. The molecule has 1 saturated carbocycles. The van der Waals surface area contributed by atoms with E-state index < -0.39 is 6.10 Å². The van der Waals surface area contributed by atoms with E-state index in [4.69, 9.17) is 14.2 Å². The molecule has 0 bridgehead atoms. The third kappa shape index (κ3) is 8.96. The maximum atomic E-state index is 12.1. The van der Waals surface area contributed by atoms with Crippen LogP contribution in [-0.4, -0.2) is 72.9 Å². The van der Waals surface area contributed by atoms with Crippen molar-refractivity contribution in [3.63, 3.8) is 0 Å². The van der Waals surface area contributed by atoms with Gasteiger partial charge in [-0.3, -0.25) is 14.5 Å². The molecule has 1 aliphatic carbocycles. The van der Waals surface area contributed by atoms with Crippen LogP contribution in [0, 0.1) is 5.92 Å². The van der Waals surface area contributed by atoms with Gasteiger partial charge in [-0.25, -0.2) is 0 Å². The molecule has 3 aromatic rings. The Morgan fingerprint density at radius 2 is 1.57 bits per heavy atom. The van der Waals surface area contributed by atoms with Crippen LogP contribution < -0.4 is 0 Å². The van der Waals surface area contributed by atoms with Crippen LogP contribution in [0.1, 0.15) is 48.0 Å². The normalized spacial score (nSPS) is 22.3.